The van der Waals surface area contributed by atoms with Crippen LogP contribution in [-0.2, 0) is 4.79 Å². The minimum Gasteiger partial charge on any atom is -0.481 e. The number of carbonyl (C=O) groups excluding carboxylic acids is 1. The molecule has 0 spiro atoms. The van der Waals surface area contributed by atoms with Crippen molar-refractivity contribution in [2.24, 2.45) is 0 Å². The molecule has 0 radical (unpaired) electrons. The van der Waals surface area contributed by atoms with Crippen LogP contribution < -0.4 is 0 Å². The molecule has 4 heteroatoms. The number of carboxylic acids is 1. The van der Waals surface area contributed by atoms with Gasteiger partial charge in [-0.05, 0) is 44.9 Å². The lowest BCUT2D eigenvalue weighted by Crippen LogP contribution is -2.33. The van der Waals surface area contributed by atoms with E-state index in [-0.39, 0.29) is 18.2 Å². The molecule has 4 nitrogen and oxygen atoms in total. The van der Waals surface area contributed by atoms with Gasteiger partial charge >= 0.3 is 5.97 Å². The minimum atomic E-state index is -0.757. The highest BCUT2D eigenvalue weighted by atomic mass is 16.4. The van der Waals surface area contributed by atoms with Gasteiger partial charge in [-0.1, -0.05) is 17.7 Å². The highest BCUT2D eigenvalue weighted by molar-refractivity contribution is 5.97. The summed E-state index contributed by atoms with van der Waals surface area (Å²) in [4.78, 5) is 25.4. The molecule has 1 aromatic rings. The van der Waals surface area contributed by atoms with E-state index in [4.69, 9.17) is 5.11 Å². The summed E-state index contributed by atoms with van der Waals surface area (Å²) in [6.45, 7) is 5.50. The second-order valence-electron chi connectivity index (χ2n) is 5.92. The number of hydrogen-bond acceptors (Lipinski definition) is 3. The van der Waals surface area contributed by atoms with E-state index in [1.54, 1.807) is 0 Å². The van der Waals surface area contributed by atoms with E-state index in [0.717, 1.165) is 36.1 Å². The number of hydrogen-bond donors (Lipinski definition) is 1. The van der Waals surface area contributed by atoms with Crippen LogP contribution in [0.5, 0.6) is 0 Å². The molecule has 1 atom stereocenters. The van der Waals surface area contributed by atoms with Gasteiger partial charge in [0.15, 0.2) is 5.78 Å². The van der Waals surface area contributed by atoms with E-state index in [2.05, 4.69) is 4.90 Å². The smallest absolute Gasteiger partial charge is 0.304 e. The second-order valence-corrected chi connectivity index (χ2v) is 5.92. The lowest BCUT2D eigenvalue weighted by atomic mass is 10.00. The molecule has 1 N–H and O–H groups in total. The van der Waals surface area contributed by atoms with E-state index in [1.807, 2.05) is 32.0 Å². The third-order valence-electron chi connectivity index (χ3n) is 4.23. The van der Waals surface area contributed by atoms with Crippen LogP contribution in [0.2, 0.25) is 0 Å². The van der Waals surface area contributed by atoms with Crippen molar-refractivity contribution in [2.75, 3.05) is 13.1 Å². The maximum atomic E-state index is 12.4. The van der Waals surface area contributed by atoms with E-state index in [0.29, 0.717) is 13.0 Å². The van der Waals surface area contributed by atoms with E-state index < -0.39 is 5.97 Å². The summed E-state index contributed by atoms with van der Waals surface area (Å²) in [7, 11) is 0. The topological polar surface area (TPSA) is 57.6 Å². The first-order chi connectivity index (χ1) is 9.97. The predicted octanol–water partition coefficient (Wildman–Crippen LogP) is 2.82. The van der Waals surface area contributed by atoms with Crippen molar-refractivity contribution in [2.45, 2.75) is 45.6 Å². The fraction of sp³-hybridized carbons (Fsp3) is 0.529. The monoisotopic (exact) mass is 289 g/mol. The van der Waals surface area contributed by atoms with Gasteiger partial charge in [0.1, 0.15) is 0 Å². The first-order valence-electron chi connectivity index (χ1n) is 7.53. The van der Waals surface area contributed by atoms with Gasteiger partial charge in [-0.2, -0.15) is 0 Å². The maximum Gasteiger partial charge on any atom is 0.304 e. The van der Waals surface area contributed by atoms with E-state index in [9.17, 15) is 9.59 Å². The summed E-state index contributed by atoms with van der Waals surface area (Å²) >= 11 is 0. The van der Waals surface area contributed by atoms with Crippen LogP contribution in [0.4, 0.5) is 0 Å². The van der Waals surface area contributed by atoms with Crippen LogP contribution in [0.25, 0.3) is 0 Å². The Morgan fingerprint density at radius 1 is 1.33 bits per heavy atom. The number of Topliss-reactive ketones (excluding diaryl/α,β-unsaturated/α-hetero) is 1. The number of aryl methyl sites for hydroxylation is 2. The Morgan fingerprint density at radius 3 is 2.81 bits per heavy atom. The molecule has 1 aliphatic rings. The molecular weight excluding hydrogens is 266 g/mol. The van der Waals surface area contributed by atoms with Crippen LogP contribution >= 0.6 is 0 Å². The molecule has 0 bridgehead atoms. The molecule has 0 saturated carbocycles. The number of benzene rings is 1. The molecule has 1 saturated heterocycles. The maximum absolute atomic E-state index is 12.4. The summed E-state index contributed by atoms with van der Waals surface area (Å²) in [6, 6.07) is 6.02. The predicted molar refractivity (Wildman–Crippen MR) is 81.7 cm³/mol. The van der Waals surface area contributed by atoms with Crippen molar-refractivity contribution in [1.29, 1.82) is 0 Å². The molecule has 21 heavy (non-hydrogen) atoms. The number of carboxylic acid groups (broad SMARTS) is 1. The average Bonchev–Trinajstić information content (AvgIpc) is 2.85. The third kappa shape index (κ3) is 4.14. The van der Waals surface area contributed by atoms with Crippen molar-refractivity contribution in [3.63, 3.8) is 0 Å². The van der Waals surface area contributed by atoms with Crippen molar-refractivity contribution in [1.82, 2.24) is 4.90 Å². The molecule has 0 aromatic heterocycles. The fourth-order valence-electron chi connectivity index (χ4n) is 3.04. The quantitative estimate of drug-likeness (QED) is 0.818. The molecule has 0 amide bonds. The van der Waals surface area contributed by atoms with Crippen molar-refractivity contribution < 1.29 is 14.7 Å². The number of carbonyl (C=O) groups is 2. The van der Waals surface area contributed by atoms with Crippen LogP contribution in [0.1, 0.15) is 47.2 Å². The molecule has 1 heterocycles. The Kier molecular flexibility index (Phi) is 5.12. The molecule has 114 valence electrons. The highest BCUT2D eigenvalue weighted by Gasteiger charge is 2.26. The Hall–Kier alpha value is -1.68. The average molecular weight is 289 g/mol. The van der Waals surface area contributed by atoms with Gasteiger partial charge in [-0.3, -0.25) is 14.5 Å². The van der Waals surface area contributed by atoms with Gasteiger partial charge in [-0.25, -0.2) is 0 Å². The first-order valence-corrected chi connectivity index (χ1v) is 7.53. The van der Waals surface area contributed by atoms with Gasteiger partial charge in [0.25, 0.3) is 0 Å². The SMILES string of the molecule is Cc1ccc(C)c(C(=O)CCN2CCCC2CC(=O)O)c1. The van der Waals surface area contributed by atoms with Gasteiger partial charge in [-0.15, -0.1) is 0 Å². The molecule has 1 unspecified atom stereocenters. The van der Waals surface area contributed by atoms with Crippen LogP contribution in [-0.4, -0.2) is 40.9 Å². The standard InChI is InChI=1S/C17H23NO3/c1-12-5-6-13(2)15(10-12)16(19)7-9-18-8-3-4-14(18)11-17(20)21/h5-6,10,14H,3-4,7-9,11H2,1-2H3,(H,20,21). The first kappa shape index (κ1) is 15.7. The third-order valence-corrected chi connectivity index (χ3v) is 4.23. The van der Waals surface area contributed by atoms with Crippen molar-refractivity contribution in [3.05, 3.63) is 34.9 Å². The number of rotatable bonds is 6. The summed E-state index contributed by atoms with van der Waals surface area (Å²) in [5, 5.41) is 8.92. The summed E-state index contributed by atoms with van der Waals surface area (Å²) in [5.41, 5.74) is 2.90. The molecule has 1 aliphatic heterocycles. The van der Waals surface area contributed by atoms with E-state index >= 15 is 0 Å². The number of nitrogens with zero attached hydrogens (tertiary/aromatic N) is 1. The molecule has 1 aromatic carbocycles. The van der Waals surface area contributed by atoms with Gasteiger partial charge in [0.05, 0.1) is 6.42 Å². The Morgan fingerprint density at radius 2 is 2.10 bits per heavy atom. The summed E-state index contributed by atoms with van der Waals surface area (Å²) < 4.78 is 0. The van der Waals surface area contributed by atoms with Crippen molar-refractivity contribution in [3.8, 4) is 0 Å². The highest BCUT2D eigenvalue weighted by Crippen LogP contribution is 2.21. The van der Waals surface area contributed by atoms with Crippen LogP contribution in [0, 0.1) is 13.8 Å². The number of ketones is 1. The molecule has 2 rings (SSSR count). The molecular formula is C17H23NO3. The molecule has 1 fully saturated rings. The zero-order chi connectivity index (χ0) is 15.4. The number of aliphatic carboxylic acids is 1. The molecule has 0 aliphatic carbocycles. The van der Waals surface area contributed by atoms with Crippen LogP contribution in [0.3, 0.4) is 0 Å². The lowest BCUT2D eigenvalue weighted by molar-refractivity contribution is -0.138. The van der Waals surface area contributed by atoms with Gasteiger partial charge in [0.2, 0.25) is 0 Å². The summed E-state index contributed by atoms with van der Waals surface area (Å²) in [6.07, 6.45) is 2.58. The lowest BCUT2D eigenvalue weighted by Gasteiger charge is -2.22. The normalized spacial score (nSPS) is 18.9. The van der Waals surface area contributed by atoms with Crippen molar-refractivity contribution >= 4 is 11.8 Å². The summed E-state index contributed by atoms with van der Waals surface area (Å²) in [5.74, 6) is -0.607. The zero-order valence-electron chi connectivity index (χ0n) is 12.8. The second kappa shape index (κ2) is 6.85. The van der Waals surface area contributed by atoms with Crippen LogP contribution in [0.15, 0.2) is 18.2 Å². The number of likely N-dealkylation sites (tertiary alicyclic amines) is 1. The fourth-order valence-corrected chi connectivity index (χ4v) is 3.04. The Balaban J connectivity index is 1.94. The Labute approximate surface area is 125 Å². The largest absolute Gasteiger partial charge is 0.481 e. The zero-order valence-corrected chi connectivity index (χ0v) is 12.8. The van der Waals surface area contributed by atoms with Gasteiger partial charge in [0, 0.05) is 24.6 Å². The van der Waals surface area contributed by atoms with Gasteiger partial charge < -0.3 is 5.11 Å². The minimum absolute atomic E-state index is 0.0916. The Bertz CT molecular complexity index is 539. The van der Waals surface area contributed by atoms with E-state index in [1.165, 1.54) is 0 Å².